The minimum atomic E-state index is -0.394. The molecule has 0 radical (unpaired) electrons. The molecule has 2 nitrogen and oxygen atoms in total. The normalized spacial score (nSPS) is 18.5. The van der Waals surface area contributed by atoms with Crippen molar-refractivity contribution in [3.63, 3.8) is 0 Å². The molecule has 0 saturated carbocycles. The Labute approximate surface area is 127 Å². The molecule has 1 saturated heterocycles. The van der Waals surface area contributed by atoms with E-state index in [4.69, 9.17) is 34.8 Å². The number of piperazine rings is 1. The molecule has 1 heterocycles. The van der Waals surface area contributed by atoms with Gasteiger partial charge in [0, 0.05) is 37.2 Å². The predicted octanol–water partition coefficient (Wildman–Crippen LogP) is 3.95. The molecular weight excluding hydrogens is 310 g/mol. The van der Waals surface area contributed by atoms with Crippen LogP contribution in [0.4, 0.5) is 4.39 Å². The fourth-order valence-electron chi connectivity index (χ4n) is 2.45. The molecule has 2 rings (SSSR count). The SMILES string of the molecule is FCC[C@@H](c1cc(Cl)cc(Cl)c1Cl)N1CCNCC1. The monoisotopic (exact) mass is 324 g/mol. The highest BCUT2D eigenvalue weighted by Crippen LogP contribution is 2.37. The van der Waals surface area contributed by atoms with Gasteiger partial charge < -0.3 is 5.32 Å². The molecule has 0 aromatic heterocycles. The number of benzene rings is 1. The van der Waals surface area contributed by atoms with Crippen molar-refractivity contribution in [2.45, 2.75) is 12.5 Å². The van der Waals surface area contributed by atoms with Gasteiger partial charge in [0.05, 0.1) is 16.7 Å². The average Bonchev–Trinajstić information content (AvgIpc) is 2.41. The van der Waals surface area contributed by atoms with Crippen molar-refractivity contribution >= 4 is 34.8 Å². The molecule has 0 aliphatic carbocycles. The van der Waals surface area contributed by atoms with Crippen LogP contribution in [-0.4, -0.2) is 37.8 Å². The maximum atomic E-state index is 12.9. The van der Waals surface area contributed by atoms with Crippen LogP contribution in [0.5, 0.6) is 0 Å². The van der Waals surface area contributed by atoms with Gasteiger partial charge in [-0.25, -0.2) is 0 Å². The average molecular weight is 326 g/mol. The van der Waals surface area contributed by atoms with Crippen LogP contribution < -0.4 is 5.32 Å². The van der Waals surface area contributed by atoms with Gasteiger partial charge >= 0.3 is 0 Å². The van der Waals surface area contributed by atoms with Gasteiger partial charge in [0.25, 0.3) is 0 Å². The lowest BCUT2D eigenvalue weighted by Crippen LogP contribution is -2.45. The maximum absolute atomic E-state index is 12.9. The number of nitrogens with zero attached hydrogens (tertiary/aromatic N) is 1. The zero-order chi connectivity index (χ0) is 13.8. The first-order valence-corrected chi connectivity index (χ1v) is 7.42. The van der Waals surface area contributed by atoms with Crippen LogP contribution in [0.3, 0.4) is 0 Å². The molecule has 1 aliphatic heterocycles. The third kappa shape index (κ3) is 3.73. The summed E-state index contributed by atoms with van der Waals surface area (Å²) in [6, 6.07) is 3.33. The molecule has 1 atom stereocenters. The first-order valence-electron chi connectivity index (χ1n) is 6.28. The van der Waals surface area contributed by atoms with Crippen LogP contribution in [0.25, 0.3) is 0 Å². The van der Waals surface area contributed by atoms with Crippen LogP contribution in [-0.2, 0) is 0 Å². The summed E-state index contributed by atoms with van der Waals surface area (Å²) in [5.74, 6) is 0. The van der Waals surface area contributed by atoms with Gasteiger partial charge in [-0.2, -0.15) is 0 Å². The molecule has 6 heteroatoms. The highest BCUT2D eigenvalue weighted by molar-refractivity contribution is 6.43. The maximum Gasteiger partial charge on any atom is 0.0912 e. The third-order valence-electron chi connectivity index (χ3n) is 3.36. The van der Waals surface area contributed by atoms with E-state index in [1.54, 1.807) is 12.1 Å². The Morgan fingerprint density at radius 2 is 1.89 bits per heavy atom. The summed E-state index contributed by atoms with van der Waals surface area (Å²) in [4.78, 5) is 2.23. The predicted molar refractivity (Wildman–Crippen MR) is 79.2 cm³/mol. The Kier molecular flexibility index (Phi) is 5.72. The quantitative estimate of drug-likeness (QED) is 0.843. The molecule has 0 unspecified atom stereocenters. The fourth-order valence-corrected chi connectivity index (χ4v) is 3.19. The summed E-state index contributed by atoms with van der Waals surface area (Å²) in [5.41, 5.74) is 0.818. The topological polar surface area (TPSA) is 15.3 Å². The summed E-state index contributed by atoms with van der Waals surface area (Å²) < 4.78 is 12.9. The molecule has 1 N–H and O–H groups in total. The minimum absolute atomic E-state index is 0.0733. The molecule has 1 aromatic carbocycles. The number of halogens is 4. The summed E-state index contributed by atoms with van der Waals surface area (Å²) in [6.45, 7) is 3.13. The first kappa shape index (κ1) is 15.3. The summed E-state index contributed by atoms with van der Waals surface area (Å²) in [6.07, 6.45) is 0.399. The van der Waals surface area contributed by atoms with E-state index in [0.29, 0.717) is 21.5 Å². The lowest BCUT2D eigenvalue weighted by Gasteiger charge is -2.35. The van der Waals surface area contributed by atoms with Gasteiger partial charge in [-0.3, -0.25) is 9.29 Å². The van der Waals surface area contributed by atoms with E-state index < -0.39 is 6.67 Å². The van der Waals surface area contributed by atoms with Crippen LogP contribution in [0.1, 0.15) is 18.0 Å². The highest BCUT2D eigenvalue weighted by atomic mass is 35.5. The molecule has 19 heavy (non-hydrogen) atoms. The molecule has 0 spiro atoms. The van der Waals surface area contributed by atoms with Crippen molar-refractivity contribution in [1.29, 1.82) is 0 Å². The second kappa shape index (κ2) is 7.09. The fraction of sp³-hybridized carbons (Fsp3) is 0.538. The number of nitrogens with one attached hydrogen (secondary N) is 1. The van der Waals surface area contributed by atoms with E-state index >= 15 is 0 Å². The lowest BCUT2D eigenvalue weighted by molar-refractivity contribution is 0.157. The Morgan fingerprint density at radius 1 is 1.21 bits per heavy atom. The van der Waals surface area contributed by atoms with Crippen molar-refractivity contribution in [2.24, 2.45) is 0 Å². The second-order valence-electron chi connectivity index (χ2n) is 4.57. The molecule has 106 valence electrons. The van der Waals surface area contributed by atoms with Crippen LogP contribution in [0.2, 0.25) is 15.1 Å². The number of hydrogen-bond donors (Lipinski definition) is 1. The standard InChI is InChI=1S/C13H16Cl3FN2/c14-9-7-10(13(16)11(15)8-9)12(1-2-17)19-5-3-18-4-6-19/h7-8,12,18H,1-6H2/t12-/m0/s1. The molecule has 1 aliphatic rings. The van der Waals surface area contributed by atoms with E-state index in [9.17, 15) is 4.39 Å². The van der Waals surface area contributed by atoms with Crippen molar-refractivity contribution in [1.82, 2.24) is 10.2 Å². The van der Waals surface area contributed by atoms with Crippen LogP contribution in [0, 0.1) is 0 Å². The molecule has 0 amide bonds. The Balaban J connectivity index is 2.32. The summed E-state index contributed by atoms with van der Waals surface area (Å²) in [7, 11) is 0. The van der Waals surface area contributed by atoms with E-state index in [2.05, 4.69) is 10.2 Å². The van der Waals surface area contributed by atoms with Gasteiger partial charge in [0.1, 0.15) is 0 Å². The van der Waals surface area contributed by atoms with Crippen molar-refractivity contribution in [3.8, 4) is 0 Å². The summed E-state index contributed by atoms with van der Waals surface area (Å²) >= 11 is 18.4. The molecule has 1 fully saturated rings. The first-order chi connectivity index (χ1) is 9.13. The third-order valence-corrected chi connectivity index (χ3v) is 4.39. The number of hydrogen-bond acceptors (Lipinski definition) is 2. The number of rotatable bonds is 4. The molecule has 1 aromatic rings. The molecule has 0 bridgehead atoms. The largest absolute Gasteiger partial charge is 0.314 e. The van der Waals surface area contributed by atoms with Gasteiger partial charge in [-0.15, -0.1) is 0 Å². The molecular formula is C13H16Cl3FN2. The highest BCUT2D eigenvalue weighted by Gasteiger charge is 2.25. The Hall–Kier alpha value is -0.0600. The van der Waals surface area contributed by atoms with Crippen LogP contribution in [0.15, 0.2) is 12.1 Å². The lowest BCUT2D eigenvalue weighted by atomic mass is 10.0. The Morgan fingerprint density at radius 3 is 2.53 bits per heavy atom. The van der Waals surface area contributed by atoms with Gasteiger partial charge in [-0.1, -0.05) is 34.8 Å². The smallest absolute Gasteiger partial charge is 0.0912 e. The zero-order valence-corrected chi connectivity index (χ0v) is 12.7. The van der Waals surface area contributed by atoms with Crippen molar-refractivity contribution < 1.29 is 4.39 Å². The second-order valence-corrected chi connectivity index (χ2v) is 5.79. The Bertz CT molecular complexity index is 436. The van der Waals surface area contributed by atoms with Crippen LogP contribution >= 0.6 is 34.8 Å². The van der Waals surface area contributed by atoms with E-state index in [1.807, 2.05) is 0 Å². The minimum Gasteiger partial charge on any atom is -0.314 e. The number of alkyl halides is 1. The van der Waals surface area contributed by atoms with Gasteiger partial charge in [-0.05, 0) is 24.1 Å². The van der Waals surface area contributed by atoms with E-state index in [-0.39, 0.29) is 6.04 Å². The van der Waals surface area contributed by atoms with E-state index in [0.717, 1.165) is 31.7 Å². The van der Waals surface area contributed by atoms with E-state index in [1.165, 1.54) is 0 Å². The van der Waals surface area contributed by atoms with Crippen molar-refractivity contribution in [2.75, 3.05) is 32.9 Å². The van der Waals surface area contributed by atoms with Crippen molar-refractivity contribution in [3.05, 3.63) is 32.8 Å². The zero-order valence-electron chi connectivity index (χ0n) is 10.4. The van der Waals surface area contributed by atoms with Gasteiger partial charge in [0.15, 0.2) is 0 Å². The summed E-state index contributed by atoms with van der Waals surface area (Å²) in [5, 5.41) is 4.71. The van der Waals surface area contributed by atoms with Gasteiger partial charge in [0.2, 0.25) is 0 Å².